The number of carbonyl (C=O) groups excluding carboxylic acids is 1. The molecule has 0 radical (unpaired) electrons. The highest BCUT2D eigenvalue weighted by atomic mass is 16.1. The monoisotopic (exact) mass is 214 g/mol. The number of benzene rings is 1. The van der Waals surface area contributed by atoms with E-state index in [0.717, 1.165) is 12.3 Å². The van der Waals surface area contributed by atoms with Gasteiger partial charge in [0, 0.05) is 11.3 Å². The molecule has 0 N–H and O–H groups in total. The lowest BCUT2D eigenvalue weighted by Gasteiger charge is -2.35. The lowest BCUT2D eigenvalue weighted by Crippen LogP contribution is -2.29. The van der Waals surface area contributed by atoms with Gasteiger partial charge in [-0.3, -0.25) is 0 Å². The first-order chi connectivity index (χ1) is 7.77. The number of rotatable bonds is 3. The average Bonchev–Trinajstić information content (AvgIpc) is 2.91. The molecule has 16 heavy (non-hydrogen) atoms. The summed E-state index contributed by atoms with van der Waals surface area (Å²) < 4.78 is 0. The lowest BCUT2D eigenvalue weighted by atomic mass is 9.69. The standard InChI is InChI=1S/C15H18O/c1-11-4-2-7-13(8-11)15(9-14(15)10-16)12-5-3-6-12/h2,4,7-8,10,12,14H,3,5-6,9H2,1H3. The highest BCUT2D eigenvalue weighted by molar-refractivity contribution is 5.65. The summed E-state index contributed by atoms with van der Waals surface area (Å²) in [5, 5.41) is 0. The van der Waals surface area contributed by atoms with Crippen molar-refractivity contribution in [2.24, 2.45) is 11.8 Å². The number of hydrogen-bond donors (Lipinski definition) is 0. The second-order valence-electron chi connectivity index (χ2n) is 5.48. The Morgan fingerprint density at radius 3 is 2.69 bits per heavy atom. The average molecular weight is 214 g/mol. The van der Waals surface area contributed by atoms with Crippen LogP contribution < -0.4 is 0 Å². The van der Waals surface area contributed by atoms with Crippen LogP contribution in [0.1, 0.15) is 36.8 Å². The first-order valence-electron chi connectivity index (χ1n) is 6.30. The van der Waals surface area contributed by atoms with Gasteiger partial charge in [-0.15, -0.1) is 0 Å². The second kappa shape index (κ2) is 3.44. The van der Waals surface area contributed by atoms with Crippen LogP contribution in [0.4, 0.5) is 0 Å². The van der Waals surface area contributed by atoms with E-state index < -0.39 is 0 Å². The van der Waals surface area contributed by atoms with E-state index in [1.807, 2.05) is 0 Å². The Bertz CT molecular complexity index is 419. The van der Waals surface area contributed by atoms with Gasteiger partial charge in [-0.2, -0.15) is 0 Å². The summed E-state index contributed by atoms with van der Waals surface area (Å²) in [4.78, 5) is 11.1. The largest absolute Gasteiger partial charge is 0.303 e. The zero-order valence-corrected chi connectivity index (χ0v) is 9.78. The van der Waals surface area contributed by atoms with Gasteiger partial charge < -0.3 is 4.79 Å². The molecule has 3 rings (SSSR count). The highest BCUT2D eigenvalue weighted by Gasteiger charge is 2.60. The Labute approximate surface area is 96.9 Å². The van der Waals surface area contributed by atoms with Crippen LogP contribution in [-0.2, 0) is 10.2 Å². The molecule has 1 aromatic rings. The molecule has 1 heteroatoms. The van der Waals surface area contributed by atoms with Crippen molar-refractivity contribution in [2.45, 2.75) is 38.0 Å². The highest BCUT2D eigenvalue weighted by Crippen LogP contribution is 2.63. The number of carbonyl (C=O) groups is 1. The first kappa shape index (κ1) is 10.1. The molecule has 2 atom stereocenters. The Kier molecular flexibility index (Phi) is 2.17. The van der Waals surface area contributed by atoms with Crippen LogP contribution in [0.15, 0.2) is 24.3 Å². The molecule has 2 aliphatic rings. The molecule has 1 nitrogen and oxygen atoms in total. The first-order valence-corrected chi connectivity index (χ1v) is 6.30. The van der Waals surface area contributed by atoms with Gasteiger partial charge in [-0.25, -0.2) is 0 Å². The minimum Gasteiger partial charge on any atom is -0.303 e. The fourth-order valence-electron chi connectivity index (χ4n) is 3.37. The lowest BCUT2D eigenvalue weighted by molar-refractivity contribution is -0.109. The zero-order valence-electron chi connectivity index (χ0n) is 9.78. The van der Waals surface area contributed by atoms with E-state index >= 15 is 0 Å². The summed E-state index contributed by atoms with van der Waals surface area (Å²) in [7, 11) is 0. The molecule has 0 heterocycles. The number of hydrogen-bond acceptors (Lipinski definition) is 1. The third kappa shape index (κ3) is 1.27. The molecule has 0 saturated heterocycles. The van der Waals surface area contributed by atoms with Crippen molar-refractivity contribution in [1.29, 1.82) is 0 Å². The fraction of sp³-hybridized carbons (Fsp3) is 0.533. The van der Waals surface area contributed by atoms with Gasteiger partial charge in [0.1, 0.15) is 6.29 Å². The summed E-state index contributed by atoms with van der Waals surface area (Å²) in [5.74, 6) is 1.06. The van der Waals surface area contributed by atoms with Crippen LogP contribution in [0.25, 0.3) is 0 Å². The molecule has 84 valence electrons. The Hall–Kier alpha value is -1.11. The summed E-state index contributed by atoms with van der Waals surface area (Å²) in [6.45, 7) is 2.14. The van der Waals surface area contributed by atoms with E-state index in [1.54, 1.807) is 0 Å². The quantitative estimate of drug-likeness (QED) is 0.706. The van der Waals surface area contributed by atoms with Crippen LogP contribution >= 0.6 is 0 Å². The molecule has 2 aliphatic carbocycles. The SMILES string of the molecule is Cc1cccc(C2(C3CCC3)CC2C=O)c1. The summed E-state index contributed by atoms with van der Waals surface area (Å²) in [5.41, 5.74) is 2.95. The van der Waals surface area contributed by atoms with E-state index in [4.69, 9.17) is 0 Å². The molecular weight excluding hydrogens is 196 g/mol. The van der Waals surface area contributed by atoms with Crippen LogP contribution in [0, 0.1) is 18.8 Å². The van der Waals surface area contributed by atoms with Crippen molar-refractivity contribution in [3.8, 4) is 0 Å². The molecule has 1 aromatic carbocycles. The Balaban J connectivity index is 1.98. The number of aryl methyl sites for hydroxylation is 1. The van der Waals surface area contributed by atoms with Crippen molar-refractivity contribution in [1.82, 2.24) is 0 Å². The second-order valence-corrected chi connectivity index (χ2v) is 5.48. The summed E-state index contributed by atoms with van der Waals surface area (Å²) >= 11 is 0. The molecule has 0 aromatic heterocycles. The van der Waals surface area contributed by atoms with Crippen molar-refractivity contribution < 1.29 is 4.79 Å². The van der Waals surface area contributed by atoms with E-state index in [1.165, 1.54) is 36.7 Å². The van der Waals surface area contributed by atoms with Gasteiger partial charge in [-0.1, -0.05) is 36.2 Å². The van der Waals surface area contributed by atoms with E-state index in [2.05, 4.69) is 31.2 Å². The van der Waals surface area contributed by atoms with Gasteiger partial charge in [-0.05, 0) is 37.7 Å². The predicted molar refractivity (Wildman–Crippen MR) is 64.4 cm³/mol. The van der Waals surface area contributed by atoms with Crippen molar-refractivity contribution >= 4 is 6.29 Å². The minimum absolute atomic E-state index is 0.228. The normalized spacial score (nSPS) is 33.2. The third-order valence-electron chi connectivity index (χ3n) is 4.61. The Morgan fingerprint density at radius 2 is 2.19 bits per heavy atom. The van der Waals surface area contributed by atoms with E-state index in [-0.39, 0.29) is 5.41 Å². The minimum atomic E-state index is 0.228. The third-order valence-corrected chi connectivity index (χ3v) is 4.61. The van der Waals surface area contributed by atoms with Gasteiger partial charge in [0.2, 0.25) is 0 Å². The molecule has 2 fully saturated rings. The Morgan fingerprint density at radius 1 is 1.38 bits per heavy atom. The summed E-state index contributed by atoms with van der Waals surface area (Å²) in [6, 6.07) is 8.76. The smallest absolute Gasteiger partial charge is 0.124 e. The summed E-state index contributed by atoms with van der Waals surface area (Å²) in [6.07, 6.45) is 6.26. The van der Waals surface area contributed by atoms with Crippen LogP contribution in [0.5, 0.6) is 0 Å². The molecular formula is C15H18O. The van der Waals surface area contributed by atoms with E-state index in [9.17, 15) is 4.79 Å². The van der Waals surface area contributed by atoms with Gasteiger partial charge in [0.15, 0.2) is 0 Å². The molecule has 0 spiro atoms. The molecule has 2 saturated carbocycles. The fourth-order valence-corrected chi connectivity index (χ4v) is 3.37. The van der Waals surface area contributed by atoms with Crippen molar-refractivity contribution in [3.63, 3.8) is 0 Å². The van der Waals surface area contributed by atoms with Crippen LogP contribution in [-0.4, -0.2) is 6.29 Å². The van der Waals surface area contributed by atoms with Crippen LogP contribution in [0.3, 0.4) is 0 Å². The van der Waals surface area contributed by atoms with Crippen molar-refractivity contribution in [3.05, 3.63) is 35.4 Å². The maximum absolute atomic E-state index is 11.1. The van der Waals surface area contributed by atoms with Crippen LogP contribution in [0.2, 0.25) is 0 Å². The molecule has 0 bridgehead atoms. The van der Waals surface area contributed by atoms with Gasteiger partial charge in [0.05, 0.1) is 0 Å². The number of aldehydes is 1. The van der Waals surface area contributed by atoms with Gasteiger partial charge in [0.25, 0.3) is 0 Å². The molecule has 0 aliphatic heterocycles. The predicted octanol–water partition coefficient (Wildman–Crippen LogP) is 3.25. The maximum atomic E-state index is 11.1. The zero-order chi connectivity index (χ0) is 11.2. The van der Waals surface area contributed by atoms with Gasteiger partial charge >= 0.3 is 0 Å². The topological polar surface area (TPSA) is 17.1 Å². The van der Waals surface area contributed by atoms with E-state index in [0.29, 0.717) is 5.92 Å². The molecule has 0 amide bonds. The van der Waals surface area contributed by atoms with Crippen molar-refractivity contribution in [2.75, 3.05) is 0 Å². The maximum Gasteiger partial charge on any atom is 0.124 e. The molecule has 2 unspecified atom stereocenters.